The molecule has 2 aliphatic rings. The van der Waals surface area contributed by atoms with Crippen molar-refractivity contribution in [3.8, 4) is 0 Å². The van der Waals surface area contributed by atoms with Gasteiger partial charge < -0.3 is 19.4 Å². The number of aryl methyl sites for hydroxylation is 1. The fourth-order valence-corrected chi connectivity index (χ4v) is 4.17. The SMILES string of the molecule is Cc1cc2cc(NC(=O)N3CCCC[C@@H]3CCN3CCOCC3)ccc2o1. The Kier molecular flexibility index (Phi) is 5.64. The van der Waals surface area contributed by atoms with Gasteiger partial charge in [0.15, 0.2) is 0 Å². The number of morpholine rings is 1. The lowest BCUT2D eigenvalue weighted by Crippen LogP contribution is -2.48. The van der Waals surface area contributed by atoms with E-state index in [1.54, 1.807) is 0 Å². The lowest BCUT2D eigenvalue weighted by atomic mass is 9.99. The maximum atomic E-state index is 12.9. The van der Waals surface area contributed by atoms with E-state index in [0.29, 0.717) is 6.04 Å². The number of hydrogen-bond acceptors (Lipinski definition) is 4. The van der Waals surface area contributed by atoms with E-state index in [9.17, 15) is 4.79 Å². The molecule has 4 rings (SSSR count). The summed E-state index contributed by atoms with van der Waals surface area (Å²) in [5, 5.41) is 4.11. The van der Waals surface area contributed by atoms with Gasteiger partial charge in [0.05, 0.1) is 13.2 Å². The molecular weight excluding hydrogens is 342 g/mol. The van der Waals surface area contributed by atoms with Gasteiger partial charge in [-0.05, 0) is 56.9 Å². The molecule has 1 aromatic carbocycles. The Hall–Kier alpha value is -2.05. The maximum Gasteiger partial charge on any atom is 0.322 e. The first kappa shape index (κ1) is 18.3. The first-order valence-corrected chi connectivity index (χ1v) is 10.1. The maximum absolute atomic E-state index is 12.9. The van der Waals surface area contributed by atoms with Gasteiger partial charge in [-0.2, -0.15) is 0 Å². The van der Waals surface area contributed by atoms with E-state index in [2.05, 4.69) is 10.2 Å². The third-order valence-electron chi connectivity index (χ3n) is 5.66. The molecule has 1 atom stereocenters. The zero-order valence-corrected chi connectivity index (χ0v) is 16.1. The number of furan rings is 1. The van der Waals surface area contributed by atoms with Crippen LogP contribution in [0.3, 0.4) is 0 Å². The number of anilines is 1. The standard InChI is InChI=1S/C21H29N3O3/c1-16-14-17-15-18(5-6-20(17)27-16)22-21(25)24-8-3-2-4-19(24)7-9-23-10-12-26-13-11-23/h5-6,14-15,19H,2-4,7-13H2,1H3,(H,22,25)/t19-/m1/s1. The summed E-state index contributed by atoms with van der Waals surface area (Å²) < 4.78 is 11.0. The van der Waals surface area contributed by atoms with Crippen molar-refractivity contribution in [1.29, 1.82) is 0 Å². The zero-order chi connectivity index (χ0) is 18.6. The van der Waals surface area contributed by atoms with Gasteiger partial charge in [0.25, 0.3) is 0 Å². The number of likely N-dealkylation sites (tertiary alicyclic amines) is 1. The van der Waals surface area contributed by atoms with Crippen LogP contribution in [0.25, 0.3) is 11.0 Å². The van der Waals surface area contributed by atoms with Crippen LogP contribution in [0.1, 0.15) is 31.4 Å². The molecule has 0 saturated carbocycles. The van der Waals surface area contributed by atoms with E-state index in [-0.39, 0.29) is 6.03 Å². The molecule has 0 aliphatic carbocycles. The van der Waals surface area contributed by atoms with Crippen molar-refractivity contribution in [2.75, 3.05) is 44.7 Å². The van der Waals surface area contributed by atoms with E-state index in [1.807, 2.05) is 36.1 Å². The van der Waals surface area contributed by atoms with E-state index in [4.69, 9.17) is 9.15 Å². The van der Waals surface area contributed by atoms with Crippen LogP contribution in [0.15, 0.2) is 28.7 Å². The molecule has 2 fully saturated rings. The molecule has 2 aliphatic heterocycles. The van der Waals surface area contributed by atoms with Gasteiger partial charge in [-0.15, -0.1) is 0 Å². The molecule has 0 unspecified atom stereocenters. The van der Waals surface area contributed by atoms with Gasteiger partial charge in [0, 0.05) is 43.3 Å². The number of amides is 2. The van der Waals surface area contributed by atoms with Crippen molar-refractivity contribution < 1.29 is 13.9 Å². The molecule has 2 saturated heterocycles. The van der Waals surface area contributed by atoms with Crippen LogP contribution in [0.2, 0.25) is 0 Å². The van der Waals surface area contributed by atoms with Crippen LogP contribution >= 0.6 is 0 Å². The average Bonchev–Trinajstić information content (AvgIpc) is 3.06. The molecular formula is C21H29N3O3. The molecule has 0 spiro atoms. The highest BCUT2D eigenvalue weighted by Gasteiger charge is 2.27. The number of nitrogens with zero attached hydrogens (tertiary/aromatic N) is 2. The Morgan fingerprint density at radius 3 is 2.89 bits per heavy atom. The number of benzene rings is 1. The van der Waals surface area contributed by atoms with E-state index in [1.165, 1.54) is 6.42 Å². The minimum absolute atomic E-state index is 0.0150. The smallest absolute Gasteiger partial charge is 0.322 e. The van der Waals surface area contributed by atoms with Gasteiger partial charge >= 0.3 is 6.03 Å². The van der Waals surface area contributed by atoms with E-state index >= 15 is 0 Å². The summed E-state index contributed by atoms with van der Waals surface area (Å²) in [4.78, 5) is 17.4. The molecule has 27 heavy (non-hydrogen) atoms. The van der Waals surface area contributed by atoms with E-state index < -0.39 is 0 Å². The van der Waals surface area contributed by atoms with Crippen molar-refractivity contribution in [3.63, 3.8) is 0 Å². The molecule has 1 aromatic heterocycles. The summed E-state index contributed by atoms with van der Waals surface area (Å²) in [6, 6.07) is 8.15. The topological polar surface area (TPSA) is 58.0 Å². The number of piperidine rings is 1. The summed E-state index contributed by atoms with van der Waals surface area (Å²) in [6.07, 6.45) is 4.42. The molecule has 1 N–H and O–H groups in total. The van der Waals surface area contributed by atoms with Crippen LogP contribution in [-0.2, 0) is 4.74 Å². The molecule has 2 amide bonds. The average molecular weight is 371 g/mol. The van der Waals surface area contributed by atoms with Gasteiger partial charge in [-0.3, -0.25) is 4.90 Å². The van der Waals surface area contributed by atoms with Gasteiger partial charge in [-0.1, -0.05) is 0 Å². The van der Waals surface area contributed by atoms with Crippen molar-refractivity contribution in [3.05, 3.63) is 30.0 Å². The largest absolute Gasteiger partial charge is 0.461 e. The fraction of sp³-hybridized carbons (Fsp3) is 0.571. The Morgan fingerprint density at radius 2 is 2.04 bits per heavy atom. The summed E-state index contributed by atoms with van der Waals surface area (Å²) in [5.41, 5.74) is 1.68. The van der Waals surface area contributed by atoms with E-state index in [0.717, 1.165) is 81.1 Å². The predicted octanol–water partition coefficient (Wildman–Crippen LogP) is 3.85. The monoisotopic (exact) mass is 371 g/mol. The number of hydrogen-bond donors (Lipinski definition) is 1. The number of carbonyl (C=O) groups excluding carboxylic acids is 1. The third kappa shape index (κ3) is 4.45. The molecule has 0 radical (unpaired) electrons. The van der Waals surface area contributed by atoms with Crippen LogP contribution < -0.4 is 5.32 Å². The minimum atomic E-state index is 0.0150. The highest BCUT2D eigenvalue weighted by molar-refractivity contribution is 5.92. The Bertz CT molecular complexity index is 782. The minimum Gasteiger partial charge on any atom is -0.461 e. The number of ether oxygens (including phenoxy) is 1. The van der Waals surface area contributed by atoms with Gasteiger partial charge in [0.2, 0.25) is 0 Å². The second-order valence-electron chi connectivity index (χ2n) is 7.63. The molecule has 3 heterocycles. The second-order valence-corrected chi connectivity index (χ2v) is 7.63. The number of carbonyl (C=O) groups is 1. The van der Waals surface area contributed by atoms with Gasteiger partial charge in [0.1, 0.15) is 11.3 Å². The Labute approximate surface area is 160 Å². The lowest BCUT2D eigenvalue weighted by Gasteiger charge is -2.37. The summed E-state index contributed by atoms with van der Waals surface area (Å²) in [6.45, 7) is 7.47. The van der Waals surface area contributed by atoms with Gasteiger partial charge in [-0.25, -0.2) is 4.79 Å². The van der Waals surface area contributed by atoms with Crippen molar-refractivity contribution in [1.82, 2.24) is 9.80 Å². The Morgan fingerprint density at radius 1 is 1.19 bits per heavy atom. The number of fused-ring (bicyclic) bond motifs is 1. The molecule has 6 heteroatoms. The first-order chi connectivity index (χ1) is 13.2. The Balaban J connectivity index is 1.38. The first-order valence-electron chi connectivity index (χ1n) is 10.1. The number of urea groups is 1. The number of rotatable bonds is 4. The molecule has 2 aromatic rings. The van der Waals surface area contributed by atoms with Crippen molar-refractivity contribution >= 4 is 22.7 Å². The normalized spacial score (nSPS) is 21.5. The molecule has 0 bridgehead atoms. The quantitative estimate of drug-likeness (QED) is 0.887. The predicted molar refractivity (Wildman–Crippen MR) is 106 cm³/mol. The lowest BCUT2D eigenvalue weighted by molar-refractivity contribution is 0.0329. The number of nitrogens with one attached hydrogen (secondary N) is 1. The van der Waals surface area contributed by atoms with Crippen molar-refractivity contribution in [2.45, 2.75) is 38.6 Å². The second kappa shape index (κ2) is 8.31. The third-order valence-corrected chi connectivity index (χ3v) is 5.66. The summed E-state index contributed by atoms with van der Waals surface area (Å²) >= 11 is 0. The van der Waals surface area contributed by atoms with Crippen LogP contribution in [0.5, 0.6) is 0 Å². The molecule has 146 valence electrons. The fourth-order valence-electron chi connectivity index (χ4n) is 4.17. The van der Waals surface area contributed by atoms with Crippen LogP contribution in [0, 0.1) is 6.92 Å². The highest BCUT2D eigenvalue weighted by atomic mass is 16.5. The summed E-state index contributed by atoms with van der Waals surface area (Å²) in [5.74, 6) is 0.882. The molecule has 6 nitrogen and oxygen atoms in total. The zero-order valence-electron chi connectivity index (χ0n) is 16.1. The van der Waals surface area contributed by atoms with Crippen LogP contribution in [0.4, 0.5) is 10.5 Å². The van der Waals surface area contributed by atoms with Crippen molar-refractivity contribution in [2.24, 2.45) is 0 Å². The summed E-state index contributed by atoms with van der Waals surface area (Å²) in [7, 11) is 0. The highest BCUT2D eigenvalue weighted by Crippen LogP contribution is 2.25. The van der Waals surface area contributed by atoms with Crippen LogP contribution in [-0.4, -0.2) is 61.3 Å².